The van der Waals surface area contributed by atoms with E-state index in [4.69, 9.17) is 9.97 Å². The van der Waals surface area contributed by atoms with E-state index >= 15 is 0 Å². The molecule has 0 amide bonds. The predicted octanol–water partition coefficient (Wildman–Crippen LogP) is 4.99. The highest BCUT2D eigenvalue weighted by atomic mass is 127. The Bertz CT molecular complexity index is 436. The Hall–Kier alpha value is -0.0400. The van der Waals surface area contributed by atoms with Crippen LogP contribution in [0, 0.1) is 15.4 Å². The molecule has 0 spiro atoms. The molecule has 0 fully saturated rings. The van der Waals surface area contributed by atoms with Crippen molar-refractivity contribution in [2.24, 2.45) is 11.8 Å². The minimum atomic E-state index is 0.614. The summed E-state index contributed by atoms with van der Waals surface area (Å²) in [5.74, 6) is 5.38. The maximum absolute atomic E-state index is 4.80. The summed E-state index contributed by atoms with van der Waals surface area (Å²) in [5, 5.41) is 3.45. The first kappa shape index (κ1) is 19.0. The number of aromatic nitrogens is 2. The molecule has 5 heteroatoms. The van der Waals surface area contributed by atoms with Gasteiger partial charge in [-0.05, 0) is 53.0 Å². The average Bonchev–Trinajstić information content (AvgIpc) is 2.39. The van der Waals surface area contributed by atoms with Gasteiger partial charge in [-0.2, -0.15) is 11.8 Å². The molecule has 0 aliphatic heterocycles. The molecule has 0 atom stereocenters. The molecule has 0 aromatic carbocycles. The fraction of sp³-hybridized carbons (Fsp3) is 0.750. The summed E-state index contributed by atoms with van der Waals surface area (Å²) in [7, 11) is 0. The first-order chi connectivity index (χ1) is 9.93. The lowest BCUT2D eigenvalue weighted by molar-refractivity contribution is 0.629. The molecule has 0 aliphatic rings. The van der Waals surface area contributed by atoms with E-state index in [2.05, 4.69) is 62.5 Å². The van der Waals surface area contributed by atoms with Crippen LogP contribution in [0.4, 0.5) is 5.82 Å². The Morgan fingerprint density at radius 3 is 2.43 bits per heavy atom. The Kier molecular flexibility index (Phi) is 8.94. The second-order valence-electron chi connectivity index (χ2n) is 6.18. The molecule has 1 aromatic rings. The highest BCUT2D eigenvalue weighted by Crippen LogP contribution is 2.23. The summed E-state index contributed by atoms with van der Waals surface area (Å²) in [5.41, 5.74) is 1.19. The number of thioether (sulfide) groups is 1. The van der Waals surface area contributed by atoms with Gasteiger partial charge in [-0.25, -0.2) is 9.97 Å². The van der Waals surface area contributed by atoms with E-state index in [1.807, 2.05) is 11.8 Å². The molecular formula is C16H28IN3S. The van der Waals surface area contributed by atoms with Crippen molar-refractivity contribution in [1.29, 1.82) is 0 Å². The van der Waals surface area contributed by atoms with E-state index < -0.39 is 0 Å². The van der Waals surface area contributed by atoms with Gasteiger partial charge < -0.3 is 5.32 Å². The van der Waals surface area contributed by atoms with Crippen molar-refractivity contribution in [2.75, 3.05) is 17.6 Å². The van der Waals surface area contributed by atoms with Crippen molar-refractivity contribution in [1.82, 2.24) is 9.97 Å². The van der Waals surface area contributed by atoms with Crippen molar-refractivity contribution in [3.8, 4) is 0 Å². The van der Waals surface area contributed by atoms with Gasteiger partial charge >= 0.3 is 0 Å². The van der Waals surface area contributed by atoms with Gasteiger partial charge in [-0.1, -0.05) is 34.6 Å². The molecule has 0 bridgehead atoms. The minimum Gasteiger partial charge on any atom is -0.369 e. The van der Waals surface area contributed by atoms with E-state index in [1.54, 1.807) is 0 Å². The number of hydrogen-bond donors (Lipinski definition) is 1. The van der Waals surface area contributed by atoms with Crippen LogP contribution < -0.4 is 5.32 Å². The predicted molar refractivity (Wildman–Crippen MR) is 103 cm³/mol. The lowest BCUT2D eigenvalue weighted by atomic mass is 10.1. The van der Waals surface area contributed by atoms with Crippen LogP contribution in [0.15, 0.2) is 0 Å². The monoisotopic (exact) mass is 421 g/mol. The highest BCUT2D eigenvalue weighted by Gasteiger charge is 2.13. The maximum Gasteiger partial charge on any atom is 0.143 e. The quantitative estimate of drug-likeness (QED) is 0.570. The summed E-state index contributed by atoms with van der Waals surface area (Å²) >= 11 is 4.31. The van der Waals surface area contributed by atoms with Crippen LogP contribution in [0.2, 0.25) is 0 Å². The SMILES string of the molecule is CCCNc1nc(CSCC(C)C)nc(CC(C)C)c1I. The molecule has 1 N–H and O–H groups in total. The Labute approximate surface area is 147 Å². The van der Waals surface area contributed by atoms with Gasteiger partial charge in [-0.15, -0.1) is 0 Å². The fourth-order valence-electron chi connectivity index (χ4n) is 1.88. The lowest BCUT2D eigenvalue weighted by Crippen LogP contribution is -2.12. The van der Waals surface area contributed by atoms with Gasteiger partial charge in [0.25, 0.3) is 0 Å². The molecule has 0 unspecified atom stereocenters. The van der Waals surface area contributed by atoms with Crippen molar-refractivity contribution < 1.29 is 0 Å². The second kappa shape index (κ2) is 9.87. The van der Waals surface area contributed by atoms with E-state index in [0.717, 1.165) is 42.5 Å². The Morgan fingerprint density at radius 2 is 1.86 bits per heavy atom. The number of halogens is 1. The Morgan fingerprint density at radius 1 is 1.14 bits per heavy atom. The third-order valence-electron chi connectivity index (χ3n) is 2.79. The van der Waals surface area contributed by atoms with Crippen molar-refractivity contribution in [3.63, 3.8) is 0 Å². The summed E-state index contributed by atoms with van der Waals surface area (Å²) in [6, 6.07) is 0. The Balaban J connectivity index is 2.90. The van der Waals surface area contributed by atoms with Gasteiger partial charge in [-0.3, -0.25) is 0 Å². The van der Waals surface area contributed by atoms with E-state index in [0.29, 0.717) is 11.8 Å². The highest BCUT2D eigenvalue weighted by molar-refractivity contribution is 14.1. The third kappa shape index (κ3) is 7.17. The first-order valence-electron chi connectivity index (χ1n) is 7.80. The molecule has 1 rings (SSSR count). The summed E-state index contributed by atoms with van der Waals surface area (Å²) in [4.78, 5) is 9.52. The number of rotatable bonds is 9. The molecular weight excluding hydrogens is 393 g/mol. The van der Waals surface area contributed by atoms with Gasteiger partial charge in [0, 0.05) is 6.54 Å². The third-order valence-corrected chi connectivity index (χ3v) is 5.29. The lowest BCUT2D eigenvalue weighted by Gasteiger charge is -2.14. The topological polar surface area (TPSA) is 37.8 Å². The van der Waals surface area contributed by atoms with Crippen LogP contribution >= 0.6 is 34.4 Å². The van der Waals surface area contributed by atoms with Crippen molar-refractivity contribution in [2.45, 2.75) is 53.2 Å². The summed E-state index contributed by atoms with van der Waals surface area (Å²) in [6.07, 6.45) is 2.13. The molecule has 0 saturated carbocycles. The van der Waals surface area contributed by atoms with Gasteiger partial charge in [0.05, 0.1) is 15.0 Å². The summed E-state index contributed by atoms with van der Waals surface area (Å²) in [6.45, 7) is 12.1. The summed E-state index contributed by atoms with van der Waals surface area (Å²) < 4.78 is 1.19. The zero-order chi connectivity index (χ0) is 15.8. The van der Waals surface area contributed by atoms with E-state index in [1.165, 1.54) is 9.26 Å². The fourth-order valence-corrected chi connectivity index (χ4v) is 3.43. The largest absolute Gasteiger partial charge is 0.369 e. The van der Waals surface area contributed by atoms with Crippen LogP contribution in [-0.4, -0.2) is 22.3 Å². The molecule has 1 aromatic heterocycles. The normalized spacial score (nSPS) is 11.4. The number of nitrogens with zero attached hydrogens (tertiary/aromatic N) is 2. The van der Waals surface area contributed by atoms with Crippen LogP contribution in [0.3, 0.4) is 0 Å². The van der Waals surface area contributed by atoms with Crippen LogP contribution in [0.5, 0.6) is 0 Å². The molecule has 0 aliphatic carbocycles. The van der Waals surface area contributed by atoms with Gasteiger partial charge in [0.15, 0.2) is 0 Å². The second-order valence-corrected chi connectivity index (χ2v) is 8.29. The zero-order valence-electron chi connectivity index (χ0n) is 13.9. The van der Waals surface area contributed by atoms with Crippen LogP contribution in [-0.2, 0) is 12.2 Å². The standard InChI is InChI=1S/C16H28IN3S/c1-6-7-18-16-15(17)13(8-11(2)3)19-14(20-16)10-21-9-12(4)5/h11-12H,6-10H2,1-5H3,(H,18,19,20). The molecule has 0 saturated heterocycles. The van der Waals surface area contributed by atoms with Gasteiger partial charge in [0.1, 0.15) is 11.6 Å². The van der Waals surface area contributed by atoms with Crippen molar-refractivity contribution >= 4 is 40.2 Å². The molecule has 120 valence electrons. The number of hydrogen-bond acceptors (Lipinski definition) is 4. The zero-order valence-corrected chi connectivity index (χ0v) is 16.8. The smallest absolute Gasteiger partial charge is 0.143 e. The first-order valence-corrected chi connectivity index (χ1v) is 10.0. The number of nitrogens with one attached hydrogen (secondary N) is 1. The van der Waals surface area contributed by atoms with E-state index in [9.17, 15) is 0 Å². The average molecular weight is 421 g/mol. The van der Waals surface area contributed by atoms with Gasteiger partial charge in [0.2, 0.25) is 0 Å². The molecule has 21 heavy (non-hydrogen) atoms. The molecule has 0 radical (unpaired) electrons. The molecule has 1 heterocycles. The van der Waals surface area contributed by atoms with Crippen LogP contribution in [0.1, 0.15) is 52.6 Å². The minimum absolute atomic E-state index is 0.614. The van der Waals surface area contributed by atoms with Crippen LogP contribution in [0.25, 0.3) is 0 Å². The number of anilines is 1. The molecule has 3 nitrogen and oxygen atoms in total. The maximum atomic E-state index is 4.80. The van der Waals surface area contributed by atoms with E-state index in [-0.39, 0.29) is 0 Å². The van der Waals surface area contributed by atoms with Crippen molar-refractivity contribution in [3.05, 3.63) is 15.1 Å².